The minimum Gasteiger partial charge on any atom is -0.481 e. The van der Waals surface area contributed by atoms with Gasteiger partial charge in [0.25, 0.3) is 0 Å². The quantitative estimate of drug-likeness (QED) is 0.424. The van der Waals surface area contributed by atoms with Crippen molar-refractivity contribution < 1.29 is 24.2 Å². The molecule has 0 heterocycles. The molecule has 3 N–H and O–H groups in total. The Labute approximate surface area is 206 Å². The fourth-order valence-corrected chi connectivity index (χ4v) is 5.45. The molecule has 1 atom stereocenters. The Balaban J connectivity index is 1.20. The average Bonchev–Trinajstić information content (AvgIpc) is 3.42. The molecule has 2 aliphatic rings. The van der Waals surface area contributed by atoms with Crippen molar-refractivity contribution in [1.29, 1.82) is 0 Å². The zero-order valence-electron chi connectivity index (χ0n) is 20.2. The van der Waals surface area contributed by atoms with E-state index in [9.17, 15) is 19.5 Å². The molecule has 0 spiro atoms. The number of carbonyl (C=O) groups excluding carboxylic acids is 2. The van der Waals surface area contributed by atoms with Gasteiger partial charge in [0.05, 0.1) is 12.0 Å². The lowest BCUT2D eigenvalue weighted by Crippen LogP contribution is -2.49. The first-order chi connectivity index (χ1) is 16.9. The first-order valence-electron chi connectivity index (χ1n) is 12.5. The summed E-state index contributed by atoms with van der Waals surface area (Å²) < 4.78 is 5.55. The number of hydrogen-bond donors (Lipinski definition) is 3. The van der Waals surface area contributed by atoms with E-state index in [4.69, 9.17) is 4.74 Å². The number of hydrogen-bond acceptors (Lipinski definition) is 4. The maximum Gasteiger partial charge on any atom is 0.407 e. The first kappa shape index (κ1) is 24.8. The van der Waals surface area contributed by atoms with Crippen LogP contribution in [0.3, 0.4) is 0 Å². The number of carboxylic acid groups (broad SMARTS) is 1. The molecule has 4 rings (SSSR count). The molecule has 0 aromatic heterocycles. The molecule has 2 amide bonds. The fourth-order valence-electron chi connectivity index (χ4n) is 5.45. The fraction of sp³-hybridized carbons (Fsp3) is 0.464. The van der Waals surface area contributed by atoms with Crippen LogP contribution in [0, 0.1) is 5.92 Å². The molecule has 1 unspecified atom stereocenters. The summed E-state index contributed by atoms with van der Waals surface area (Å²) >= 11 is 0. The standard InChI is InChI=1S/C28H34N2O5/c1-19(26(33)30-28(17-25(31)32)14-6-7-15-28)9-8-16-29-27(34)35-18-24-22-12-4-2-10-20(22)21-11-3-5-13-23(21)24/h2-5,10-13,19,24H,6-9,14-18H2,1H3,(H,29,34)(H,30,33)(H,31,32). The maximum atomic E-state index is 12.6. The Morgan fingerprint density at radius 2 is 1.63 bits per heavy atom. The normalized spacial score (nSPS) is 16.7. The largest absolute Gasteiger partial charge is 0.481 e. The number of amides is 2. The van der Waals surface area contributed by atoms with E-state index in [2.05, 4.69) is 34.9 Å². The number of aliphatic carboxylic acids is 1. The van der Waals surface area contributed by atoms with Crippen molar-refractivity contribution >= 4 is 18.0 Å². The third kappa shape index (κ3) is 5.84. The molecule has 2 aliphatic carbocycles. The SMILES string of the molecule is CC(CCCNC(=O)OCC1c2ccccc2-c2ccccc21)C(=O)NC1(CC(=O)O)CCCC1. The Morgan fingerprint density at radius 3 is 2.23 bits per heavy atom. The summed E-state index contributed by atoms with van der Waals surface area (Å²) in [6, 6.07) is 16.4. The van der Waals surface area contributed by atoms with E-state index in [-0.39, 0.29) is 30.8 Å². The van der Waals surface area contributed by atoms with Crippen LogP contribution < -0.4 is 10.6 Å². The third-order valence-electron chi connectivity index (χ3n) is 7.31. The summed E-state index contributed by atoms with van der Waals surface area (Å²) in [5.74, 6) is -1.24. The van der Waals surface area contributed by atoms with E-state index >= 15 is 0 Å². The van der Waals surface area contributed by atoms with Crippen molar-refractivity contribution in [2.75, 3.05) is 13.2 Å². The molecular weight excluding hydrogens is 444 g/mol. The average molecular weight is 479 g/mol. The van der Waals surface area contributed by atoms with Gasteiger partial charge in [0.2, 0.25) is 5.91 Å². The second kappa shape index (κ2) is 10.9. The number of ether oxygens (including phenoxy) is 1. The summed E-state index contributed by atoms with van der Waals surface area (Å²) in [4.78, 5) is 36.2. The van der Waals surface area contributed by atoms with Gasteiger partial charge in [-0.25, -0.2) is 4.79 Å². The van der Waals surface area contributed by atoms with Gasteiger partial charge in [0.1, 0.15) is 6.61 Å². The number of alkyl carbamates (subject to hydrolysis) is 1. The van der Waals surface area contributed by atoms with Gasteiger partial charge in [-0.1, -0.05) is 68.3 Å². The lowest BCUT2D eigenvalue weighted by molar-refractivity contribution is -0.139. The smallest absolute Gasteiger partial charge is 0.407 e. The number of benzene rings is 2. The highest BCUT2D eigenvalue weighted by atomic mass is 16.5. The highest BCUT2D eigenvalue weighted by Gasteiger charge is 2.38. The lowest BCUT2D eigenvalue weighted by atomic mass is 9.91. The third-order valence-corrected chi connectivity index (χ3v) is 7.31. The summed E-state index contributed by atoms with van der Waals surface area (Å²) in [7, 11) is 0. The van der Waals surface area contributed by atoms with Crippen molar-refractivity contribution in [3.63, 3.8) is 0 Å². The van der Waals surface area contributed by atoms with Crippen LogP contribution in [0.5, 0.6) is 0 Å². The second-order valence-corrected chi connectivity index (χ2v) is 9.84. The number of rotatable bonds is 10. The summed E-state index contributed by atoms with van der Waals surface area (Å²) in [6.07, 6.45) is 4.02. The van der Waals surface area contributed by atoms with Gasteiger partial charge in [-0.05, 0) is 47.9 Å². The Kier molecular flexibility index (Phi) is 7.73. The van der Waals surface area contributed by atoms with E-state index in [1.165, 1.54) is 22.3 Å². The molecule has 0 saturated heterocycles. The van der Waals surface area contributed by atoms with Gasteiger partial charge in [-0.2, -0.15) is 0 Å². The molecule has 2 aromatic rings. The molecule has 0 bridgehead atoms. The monoisotopic (exact) mass is 478 g/mol. The van der Waals surface area contributed by atoms with Crippen LogP contribution in [0.25, 0.3) is 11.1 Å². The topological polar surface area (TPSA) is 105 Å². The van der Waals surface area contributed by atoms with Gasteiger partial charge < -0.3 is 20.5 Å². The van der Waals surface area contributed by atoms with Crippen molar-refractivity contribution in [2.45, 2.75) is 63.3 Å². The van der Waals surface area contributed by atoms with Crippen LogP contribution in [-0.4, -0.2) is 41.8 Å². The maximum absolute atomic E-state index is 12.6. The minimum atomic E-state index is -0.882. The van der Waals surface area contributed by atoms with Gasteiger partial charge >= 0.3 is 12.1 Å². The van der Waals surface area contributed by atoms with Crippen LogP contribution in [0.4, 0.5) is 4.79 Å². The summed E-state index contributed by atoms with van der Waals surface area (Å²) in [6.45, 7) is 2.52. The number of carbonyl (C=O) groups is 3. The Bertz CT molecular complexity index is 1030. The zero-order chi connectivity index (χ0) is 24.8. The predicted octanol–water partition coefficient (Wildman–Crippen LogP) is 4.85. The lowest BCUT2D eigenvalue weighted by Gasteiger charge is -2.30. The number of fused-ring (bicyclic) bond motifs is 3. The summed E-state index contributed by atoms with van der Waals surface area (Å²) in [5, 5.41) is 15.0. The number of carboxylic acids is 1. The number of nitrogens with one attached hydrogen (secondary N) is 2. The first-order valence-corrected chi connectivity index (χ1v) is 12.5. The molecular formula is C28H34N2O5. The second-order valence-electron chi connectivity index (χ2n) is 9.84. The Morgan fingerprint density at radius 1 is 1.03 bits per heavy atom. The van der Waals surface area contributed by atoms with E-state index in [0.717, 1.165) is 12.8 Å². The highest BCUT2D eigenvalue weighted by molar-refractivity contribution is 5.80. The molecule has 1 saturated carbocycles. The molecule has 1 fully saturated rings. The molecule has 186 valence electrons. The minimum absolute atomic E-state index is 0.0191. The van der Waals surface area contributed by atoms with Crippen molar-refractivity contribution in [2.24, 2.45) is 5.92 Å². The van der Waals surface area contributed by atoms with Gasteiger partial charge in [0.15, 0.2) is 0 Å². The van der Waals surface area contributed by atoms with Crippen LogP contribution in [-0.2, 0) is 14.3 Å². The van der Waals surface area contributed by atoms with Gasteiger partial charge in [0, 0.05) is 18.4 Å². The van der Waals surface area contributed by atoms with Crippen LogP contribution in [0.1, 0.15) is 68.9 Å². The zero-order valence-corrected chi connectivity index (χ0v) is 20.2. The summed E-state index contributed by atoms with van der Waals surface area (Å²) in [5.41, 5.74) is 4.10. The van der Waals surface area contributed by atoms with E-state index < -0.39 is 17.6 Å². The van der Waals surface area contributed by atoms with Crippen LogP contribution in [0.2, 0.25) is 0 Å². The van der Waals surface area contributed by atoms with E-state index in [1.807, 2.05) is 31.2 Å². The van der Waals surface area contributed by atoms with Crippen LogP contribution in [0.15, 0.2) is 48.5 Å². The van der Waals surface area contributed by atoms with E-state index in [1.54, 1.807) is 0 Å². The van der Waals surface area contributed by atoms with Crippen LogP contribution >= 0.6 is 0 Å². The van der Waals surface area contributed by atoms with E-state index in [0.29, 0.717) is 32.2 Å². The van der Waals surface area contributed by atoms with Crippen molar-refractivity contribution in [3.05, 3.63) is 59.7 Å². The molecule has 7 nitrogen and oxygen atoms in total. The van der Waals surface area contributed by atoms with Crippen molar-refractivity contribution in [3.8, 4) is 11.1 Å². The van der Waals surface area contributed by atoms with Crippen molar-refractivity contribution in [1.82, 2.24) is 10.6 Å². The van der Waals surface area contributed by atoms with Gasteiger partial charge in [-0.15, -0.1) is 0 Å². The predicted molar refractivity (Wildman–Crippen MR) is 133 cm³/mol. The molecule has 35 heavy (non-hydrogen) atoms. The molecule has 0 radical (unpaired) electrons. The molecule has 2 aromatic carbocycles. The Hall–Kier alpha value is -3.35. The molecule has 0 aliphatic heterocycles. The highest BCUT2D eigenvalue weighted by Crippen LogP contribution is 2.44. The molecule has 7 heteroatoms. The van der Waals surface area contributed by atoms with Gasteiger partial charge in [-0.3, -0.25) is 9.59 Å².